The summed E-state index contributed by atoms with van der Waals surface area (Å²) in [6, 6.07) is 14.3. The first-order valence-corrected chi connectivity index (χ1v) is 22.3. The normalized spacial score (nSPS) is 19.6. The first-order chi connectivity index (χ1) is 30.8. The lowest BCUT2D eigenvalue weighted by Crippen LogP contribution is -2.49. The number of anilines is 2. The molecule has 9 rings (SSSR count). The number of hydrogen-bond acceptors (Lipinski definition) is 10. The SMILES string of the molecule is C=C1CCC(N2Cc3cc(OCCN4CCN(c5ccc(-c6cnc7[nH]cc(C(=O)c8c(F)ccc(NS(=O)(=O)N9CC[C@@H](F)C9)c8F)c7c6)cc5)CC4)cc(OC)c3C2=O)C(=O)N1. The van der Waals surface area contributed by atoms with Crippen LogP contribution in [0.2, 0.25) is 0 Å². The number of ether oxygens (including phenoxy) is 2. The van der Waals surface area contributed by atoms with Crippen molar-refractivity contribution >= 4 is 50.2 Å². The Balaban J connectivity index is 0.808. The van der Waals surface area contributed by atoms with Crippen molar-refractivity contribution in [1.82, 2.24) is 29.4 Å². The van der Waals surface area contributed by atoms with Crippen molar-refractivity contribution in [3.63, 3.8) is 0 Å². The van der Waals surface area contributed by atoms with Gasteiger partial charge in [-0.1, -0.05) is 18.7 Å². The van der Waals surface area contributed by atoms with Gasteiger partial charge in [0.15, 0.2) is 5.82 Å². The molecule has 1 unspecified atom stereocenters. The number of aromatic nitrogens is 2. The molecule has 5 aromatic rings. The molecule has 6 heterocycles. The van der Waals surface area contributed by atoms with Crippen LogP contribution in [0.5, 0.6) is 11.5 Å². The lowest BCUT2D eigenvalue weighted by Gasteiger charge is -2.36. The summed E-state index contributed by atoms with van der Waals surface area (Å²) in [6.45, 7) is 7.90. The van der Waals surface area contributed by atoms with Crippen LogP contribution in [0.4, 0.5) is 24.5 Å². The molecule has 4 aliphatic heterocycles. The molecule has 0 saturated carbocycles. The highest BCUT2D eigenvalue weighted by Gasteiger charge is 2.40. The van der Waals surface area contributed by atoms with Crippen LogP contribution in [-0.4, -0.2) is 122 Å². The Morgan fingerprint density at radius 1 is 1.00 bits per heavy atom. The number of aromatic amines is 1. The molecule has 15 nitrogen and oxygen atoms in total. The maximum absolute atomic E-state index is 15.7. The monoisotopic (exact) mass is 898 g/mol. The van der Waals surface area contributed by atoms with Crippen LogP contribution in [0, 0.1) is 11.6 Å². The molecule has 0 spiro atoms. The van der Waals surface area contributed by atoms with Crippen molar-refractivity contribution in [2.45, 2.75) is 38.0 Å². The molecule has 0 aliphatic carbocycles. The zero-order valence-electron chi connectivity index (χ0n) is 34.8. The van der Waals surface area contributed by atoms with Gasteiger partial charge in [0, 0.05) is 98.7 Å². The van der Waals surface area contributed by atoms with Crippen molar-refractivity contribution in [3.8, 4) is 22.6 Å². The van der Waals surface area contributed by atoms with Gasteiger partial charge in [-0.15, -0.1) is 0 Å². The van der Waals surface area contributed by atoms with E-state index in [0.717, 1.165) is 59.4 Å². The van der Waals surface area contributed by atoms with Crippen molar-refractivity contribution in [1.29, 1.82) is 0 Å². The van der Waals surface area contributed by atoms with E-state index in [1.54, 1.807) is 23.2 Å². The lowest BCUT2D eigenvalue weighted by molar-refractivity contribution is -0.126. The minimum Gasteiger partial charge on any atom is -0.496 e. The Bertz CT molecular complexity index is 2800. The maximum atomic E-state index is 15.7. The molecule has 2 amide bonds. The number of piperidine rings is 1. The molecular weight excluding hydrogens is 854 g/mol. The summed E-state index contributed by atoms with van der Waals surface area (Å²) in [7, 11) is -2.85. The van der Waals surface area contributed by atoms with Crippen molar-refractivity contribution < 1.29 is 45.4 Å². The number of nitrogens with one attached hydrogen (secondary N) is 3. The number of piperazine rings is 1. The van der Waals surface area contributed by atoms with Gasteiger partial charge in [0.25, 0.3) is 5.91 Å². The van der Waals surface area contributed by atoms with Crippen LogP contribution in [0.3, 0.4) is 0 Å². The fraction of sp³-hybridized carbons (Fsp3) is 0.333. The quantitative estimate of drug-likeness (QED) is 0.130. The first kappa shape index (κ1) is 42.8. The molecule has 3 aromatic carbocycles. The third-order valence-corrected chi connectivity index (χ3v) is 13.8. The Hall–Kier alpha value is -6.44. The van der Waals surface area contributed by atoms with Crippen LogP contribution in [-0.2, 0) is 21.5 Å². The summed E-state index contributed by atoms with van der Waals surface area (Å²) in [6.07, 6.45) is 2.70. The highest BCUT2D eigenvalue weighted by atomic mass is 32.2. The van der Waals surface area contributed by atoms with E-state index in [9.17, 15) is 27.2 Å². The molecule has 2 aromatic heterocycles. The van der Waals surface area contributed by atoms with Gasteiger partial charge in [-0.2, -0.15) is 12.7 Å². The molecule has 19 heteroatoms. The van der Waals surface area contributed by atoms with E-state index in [1.165, 1.54) is 13.3 Å². The van der Waals surface area contributed by atoms with Crippen molar-refractivity contribution in [2.75, 3.05) is 69.2 Å². The fourth-order valence-electron chi connectivity index (χ4n) is 8.79. The van der Waals surface area contributed by atoms with Crippen LogP contribution in [0.1, 0.15) is 51.1 Å². The van der Waals surface area contributed by atoms with Gasteiger partial charge in [-0.25, -0.2) is 18.2 Å². The highest BCUT2D eigenvalue weighted by molar-refractivity contribution is 7.90. The number of amides is 2. The molecule has 3 N–H and O–H groups in total. The standard InChI is InChI=1S/C45H45F3N8O7S/c1-26-3-10-37(44(58)51-26)56-24-29-19-32(21-38(62-2)39(29)45(56)59)63-18-17-53-13-15-54(16-14-53)31-6-4-27(5-7-31)28-20-33-34(23-50-43(33)49-22-28)42(57)40-35(47)8-9-36(41(40)48)52-64(60,61)55-12-11-30(46)25-55/h4-9,19-23,30,37,52H,1,3,10-18,24-25H2,2H3,(H,49,50)(H,51,58)/t30-,37?/m1/s1. The van der Waals surface area contributed by atoms with E-state index in [-0.39, 0.29) is 30.3 Å². The molecule has 0 bridgehead atoms. The predicted molar refractivity (Wildman–Crippen MR) is 232 cm³/mol. The number of pyridine rings is 1. The van der Waals surface area contributed by atoms with Gasteiger partial charge in [-0.3, -0.25) is 24.0 Å². The Morgan fingerprint density at radius 3 is 2.50 bits per heavy atom. The zero-order chi connectivity index (χ0) is 44.9. The molecule has 3 saturated heterocycles. The van der Waals surface area contributed by atoms with E-state index in [2.05, 4.69) is 31.7 Å². The number of H-pyrrole nitrogens is 1. The van der Waals surface area contributed by atoms with Gasteiger partial charge >= 0.3 is 10.2 Å². The number of benzene rings is 3. The number of rotatable bonds is 13. The molecule has 2 atom stereocenters. The van der Waals surface area contributed by atoms with Gasteiger partial charge in [0.2, 0.25) is 11.7 Å². The largest absolute Gasteiger partial charge is 0.496 e. The number of allylic oxidation sites excluding steroid dienone is 1. The second-order valence-corrected chi connectivity index (χ2v) is 17.9. The summed E-state index contributed by atoms with van der Waals surface area (Å²) in [5.74, 6) is -3.05. The van der Waals surface area contributed by atoms with Crippen LogP contribution < -0.4 is 24.4 Å². The highest BCUT2D eigenvalue weighted by Crippen LogP contribution is 2.38. The second kappa shape index (κ2) is 17.3. The smallest absolute Gasteiger partial charge is 0.301 e. The van der Waals surface area contributed by atoms with E-state index >= 15 is 8.78 Å². The average Bonchev–Trinajstić information content (AvgIpc) is 4.01. The van der Waals surface area contributed by atoms with E-state index in [1.807, 2.05) is 35.1 Å². The first-order valence-electron chi connectivity index (χ1n) is 20.9. The fourth-order valence-corrected chi connectivity index (χ4v) is 10.1. The molecular formula is C45H45F3N8O7S. The number of hydrogen-bond donors (Lipinski definition) is 3. The number of fused-ring (bicyclic) bond motifs is 2. The number of ketones is 1. The van der Waals surface area contributed by atoms with Crippen molar-refractivity contribution in [2.24, 2.45) is 0 Å². The van der Waals surface area contributed by atoms with E-state index in [0.29, 0.717) is 71.9 Å². The van der Waals surface area contributed by atoms with Crippen LogP contribution >= 0.6 is 0 Å². The summed E-state index contributed by atoms with van der Waals surface area (Å²) >= 11 is 0. The minimum absolute atomic E-state index is 0.00132. The Labute approximate surface area is 367 Å². The van der Waals surface area contributed by atoms with Gasteiger partial charge in [0.05, 0.1) is 23.9 Å². The number of alkyl halides is 1. The van der Waals surface area contributed by atoms with E-state index in [4.69, 9.17) is 9.47 Å². The molecule has 3 fully saturated rings. The molecule has 4 aliphatic rings. The summed E-state index contributed by atoms with van der Waals surface area (Å²) in [5, 5.41) is 3.08. The second-order valence-electron chi connectivity index (χ2n) is 16.3. The Kier molecular flexibility index (Phi) is 11.6. The third-order valence-electron chi connectivity index (χ3n) is 12.3. The average molecular weight is 899 g/mol. The number of halogens is 3. The minimum atomic E-state index is -4.36. The number of carbonyl (C=O) groups excluding carboxylic acids is 3. The van der Waals surface area contributed by atoms with Crippen LogP contribution in [0.25, 0.3) is 22.2 Å². The van der Waals surface area contributed by atoms with Crippen molar-refractivity contribution in [3.05, 3.63) is 113 Å². The summed E-state index contributed by atoms with van der Waals surface area (Å²) < 4.78 is 84.8. The third kappa shape index (κ3) is 8.25. The van der Waals surface area contributed by atoms with E-state index < -0.39 is 57.6 Å². The lowest BCUT2D eigenvalue weighted by atomic mass is 9.99. The summed E-state index contributed by atoms with van der Waals surface area (Å²) in [4.78, 5) is 53.3. The number of methoxy groups -OCH3 is 1. The zero-order valence-corrected chi connectivity index (χ0v) is 35.7. The van der Waals surface area contributed by atoms with Gasteiger partial charge in [0.1, 0.15) is 41.8 Å². The van der Waals surface area contributed by atoms with Gasteiger partial charge < -0.3 is 29.6 Å². The topological polar surface area (TPSA) is 170 Å². The number of nitrogens with zero attached hydrogens (tertiary/aromatic N) is 5. The number of carbonyl (C=O) groups is 3. The van der Waals surface area contributed by atoms with Gasteiger partial charge in [-0.05, 0) is 66.8 Å². The van der Waals surface area contributed by atoms with Crippen LogP contribution in [0.15, 0.2) is 79.3 Å². The maximum Gasteiger partial charge on any atom is 0.301 e. The predicted octanol–water partition coefficient (Wildman–Crippen LogP) is 5.40. The Morgan fingerprint density at radius 2 is 1.78 bits per heavy atom. The molecule has 64 heavy (non-hydrogen) atoms. The molecule has 0 radical (unpaired) electrons. The molecule has 334 valence electrons. The summed E-state index contributed by atoms with van der Waals surface area (Å²) in [5.41, 5.74) is 3.01.